The molecule has 0 aromatic heterocycles. The van der Waals surface area contributed by atoms with E-state index in [1.165, 1.54) is 25.3 Å². The van der Waals surface area contributed by atoms with Gasteiger partial charge in [0.1, 0.15) is 10.6 Å². The number of rotatable bonds is 6. The second kappa shape index (κ2) is 9.84. The van der Waals surface area contributed by atoms with E-state index in [4.69, 9.17) is 16.3 Å². The highest BCUT2D eigenvalue weighted by Crippen LogP contribution is 2.29. The SMILES string of the molecule is COc1ccccc1NS(=O)(=O)c1cc(C(=O)NNC(=O)c2cccc(F)c2F)ccc1Cl. The number of hydrazine groups is 1. The van der Waals surface area contributed by atoms with Gasteiger partial charge in [0.15, 0.2) is 11.6 Å². The predicted octanol–water partition coefficient (Wildman–Crippen LogP) is 3.50. The highest BCUT2D eigenvalue weighted by molar-refractivity contribution is 7.92. The number of halogens is 3. The van der Waals surface area contributed by atoms with E-state index in [1.54, 1.807) is 18.2 Å². The van der Waals surface area contributed by atoms with E-state index < -0.39 is 43.9 Å². The number of hydrogen-bond acceptors (Lipinski definition) is 5. The molecule has 3 aromatic carbocycles. The number of benzene rings is 3. The molecule has 0 aliphatic carbocycles. The van der Waals surface area contributed by atoms with Gasteiger partial charge in [-0.2, -0.15) is 0 Å². The van der Waals surface area contributed by atoms with Gasteiger partial charge in [-0.05, 0) is 42.5 Å². The van der Waals surface area contributed by atoms with Crippen molar-refractivity contribution in [3.63, 3.8) is 0 Å². The summed E-state index contributed by atoms with van der Waals surface area (Å²) < 4.78 is 60.1. The van der Waals surface area contributed by atoms with E-state index in [0.29, 0.717) is 0 Å². The van der Waals surface area contributed by atoms with Crippen LogP contribution in [-0.2, 0) is 10.0 Å². The van der Waals surface area contributed by atoms with Gasteiger partial charge in [-0.3, -0.25) is 25.2 Å². The van der Waals surface area contributed by atoms with Gasteiger partial charge in [-0.15, -0.1) is 0 Å². The first-order valence-corrected chi connectivity index (χ1v) is 11.0. The summed E-state index contributed by atoms with van der Waals surface area (Å²) >= 11 is 6.04. The summed E-state index contributed by atoms with van der Waals surface area (Å²) in [5.41, 5.74) is 3.28. The van der Waals surface area contributed by atoms with Crippen LogP contribution in [-0.4, -0.2) is 27.3 Å². The summed E-state index contributed by atoms with van der Waals surface area (Å²) in [6.07, 6.45) is 0. The molecule has 172 valence electrons. The third kappa shape index (κ3) is 5.38. The van der Waals surface area contributed by atoms with Crippen molar-refractivity contribution >= 4 is 39.1 Å². The van der Waals surface area contributed by atoms with Crippen molar-refractivity contribution in [3.8, 4) is 5.75 Å². The van der Waals surface area contributed by atoms with E-state index in [1.807, 2.05) is 10.9 Å². The average molecular weight is 496 g/mol. The highest BCUT2D eigenvalue weighted by Gasteiger charge is 2.22. The number of para-hydroxylation sites is 2. The number of anilines is 1. The fourth-order valence-electron chi connectivity index (χ4n) is 2.71. The zero-order valence-corrected chi connectivity index (χ0v) is 18.4. The monoisotopic (exact) mass is 495 g/mol. The lowest BCUT2D eigenvalue weighted by molar-refractivity contribution is 0.0843. The van der Waals surface area contributed by atoms with E-state index in [2.05, 4.69) is 4.72 Å². The third-order valence-electron chi connectivity index (χ3n) is 4.32. The Morgan fingerprint density at radius 1 is 0.939 bits per heavy atom. The molecule has 0 radical (unpaired) electrons. The van der Waals surface area contributed by atoms with Crippen LogP contribution in [0.1, 0.15) is 20.7 Å². The van der Waals surface area contributed by atoms with Gasteiger partial charge >= 0.3 is 0 Å². The van der Waals surface area contributed by atoms with Gasteiger partial charge in [0.25, 0.3) is 21.8 Å². The number of carbonyl (C=O) groups is 2. The lowest BCUT2D eigenvalue weighted by Gasteiger charge is -2.13. The number of amides is 2. The van der Waals surface area contributed by atoms with Crippen LogP contribution in [0.5, 0.6) is 5.75 Å². The number of nitrogens with one attached hydrogen (secondary N) is 3. The van der Waals surface area contributed by atoms with Crippen molar-refractivity contribution in [3.05, 3.63) is 88.4 Å². The molecule has 2 amide bonds. The lowest BCUT2D eigenvalue weighted by atomic mass is 10.2. The Morgan fingerprint density at radius 2 is 1.64 bits per heavy atom. The van der Waals surface area contributed by atoms with E-state index in [0.717, 1.165) is 24.3 Å². The van der Waals surface area contributed by atoms with Crippen LogP contribution in [0.3, 0.4) is 0 Å². The molecule has 3 rings (SSSR count). The summed E-state index contributed by atoms with van der Waals surface area (Å²) in [5, 5.41) is -0.167. The van der Waals surface area contributed by atoms with Gasteiger partial charge in [-0.1, -0.05) is 29.8 Å². The van der Waals surface area contributed by atoms with Crippen molar-refractivity contribution in [1.29, 1.82) is 0 Å². The maximum Gasteiger partial charge on any atom is 0.272 e. The maximum atomic E-state index is 13.7. The lowest BCUT2D eigenvalue weighted by Crippen LogP contribution is -2.42. The second-order valence-electron chi connectivity index (χ2n) is 6.46. The summed E-state index contributed by atoms with van der Waals surface area (Å²) in [6.45, 7) is 0. The van der Waals surface area contributed by atoms with Gasteiger partial charge in [0, 0.05) is 5.56 Å². The van der Waals surface area contributed by atoms with E-state index in [9.17, 15) is 26.8 Å². The van der Waals surface area contributed by atoms with Crippen LogP contribution in [0.25, 0.3) is 0 Å². The van der Waals surface area contributed by atoms with Crippen LogP contribution < -0.4 is 20.3 Å². The normalized spacial score (nSPS) is 10.9. The van der Waals surface area contributed by atoms with Gasteiger partial charge in [0.05, 0.1) is 23.4 Å². The predicted molar refractivity (Wildman–Crippen MR) is 117 cm³/mol. The van der Waals surface area contributed by atoms with Gasteiger partial charge in [0.2, 0.25) is 0 Å². The topological polar surface area (TPSA) is 114 Å². The molecule has 0 fully saturated rings. The summed E-state index contributed by atoms with van der Waals surface area (Å²) in [7, 11) is -2.87. The number of carbonyl (C=O) groups excluding carboxylic acids is 2. The van der Waals surface area contributed by atoms with Crippen molar-refractivity contribution in [2.75, 3.05) is 11.8 Å². The Labute approximate surface area is 192 Å². The molecule has 0 aliphatic rings. The summed E-state index contributed by atoms with van der Waals surface area (Å²) in [6, 6.07) is 12.6. The van der Waals surface area contributed by atoms with Crippen LogP contribution in [0.15, 0.2) is 65.6 Å². The molecule has 0 atom stereocenters. The minimum atomic E-state index is -4.24. The quantitative estimate of drug-likeness (QED) is 0.453. The molecular formula is C21H16ClF2N3O5S. The van der Waals surface area contributed by atoms with Gasteiger partial charge in [-0.25, -0.2) is 17.2 Å². The molecule has 8 nitrogen and oxygen atoms in total. The standard InChI is InChI=1S/C21H16ClF2N3O5S/c1-32-17-8-3-2-7-16(17)27-33(30,31)18-11-12(9-10-14(18)22)20(28)25-26-21(29)13-5-4-6-15(23)19(13)24/h2-11,27H,1H3,(H,25,28)(H,26,29). The van der Waals surface area contributed by atoms with Crippen LogP contribution >= 0.6 is 11.6 Å². The largest absolute Gasteiger partial charge is 0.495 e. The molecule has 0 unspecified atom stereocenters. The molecule has 12 heteroatoms. The zero-order valence-electron chi connectivity index (χ0n) is 16.9. The second-order valence-corrected chi connectivity index (χ2v) is 8.52. The molecule has 3 aromatic rings. The highest BCUT2D eigenvalue weighted by atomic mass is 35.5. The number of methoxy groups -OCH3 is 1. The minimum absolute atomic E-state index is 0.148. The Kier molecular flexibility index (Phi) is 7.14. The van der Waals surface area contributed by atoms with Gasteiger partial charge < -0.3 is 4.74 Å². The summed E-state index contributed by atoms with van der Waals surface area (Å²) in [5.74, 6) is -4.39. The number of hydrogen-bond donors (Lipinski definition) is 3. The average Bonchev–Trinajstić information content (AvgIpc) is 2.79. The molecule has 0 heterocycles. The Bertz CT molecular complexity index is 1340. The molecule has 33 heavy (non-hydrogen) atoms. The maximum absolute atomic E-state index is 13.7. The number of ether oxygens (including phenoxy) is 1. The summed E-state index contributed by atoms with van der Waals surface area (Å²) in [4.78, 5) is 24.0. The fraction of sp³-hybridized carbons (Fsp3) is 0.0476. The molecule has 0 saturated carbocycles. The first-order chi connectivity index (χ1) is 15.6. The van der Waals surface area contributed by atoms with E-state index >= 15 is 0 Å². The molecule has 0 aliphatic heterocycles. The van der Waals surface area contributed by atoms with Crippen molar-refractivity contribution < 1.29 is 31.5 Å². The molecular weight excluding hydrogens is 480 g/mol. The molecule has 0 bridgehead atoms. The van der Waals surface area contributed by atoms with Crippen molar-refractivity contribution in [1.82, 2.24) is 10.9 Å². The van der Waals surface area contributed by atoms with E-state index in [-0.39, 0.29) is 22.0 Å². The molecule has 0 spiro atoms. The zero-order chi connectivity index (χ0) is 24.2. The Balaban J connectivity index is 1.79. The first kappa shape index (κ1) is 24.0. The smallest absolute Gasteiger partial charge is 0.272 e. The molecule has 3 N–H and O–H groups in total. The fourth-order valence-corrected chi connectivity index (χ4v) is 4.31. The first-order valence-electron chi connectivity index (χ1n) is 9.14. The van der Waals surface area contributed by atoms with Crippen molar-refractivity contribution in [2.45, 2.75) is 4.90 Å². The Morgan fingerprint density at radius 3 is 2.36 bits per heavy atom. The Hall–Kier alpha value is -3.70. The number of sulfonamides is 1. The third-order valence-corrected chi connectivity index (χ3v) is 6.17. The van der Waals surface area contributed by atoms with Crippen molar-refractivity contribution in [2.24, 2.45) is 0 Å². The van der Waals surface area contributed by atoms with Crippen LogP contribution in [0.2, 0.25) is 5.02 Å². The van der Waals surface area contributed by atoms with Crippen LogP contribution in [0, 0.1) is 11.6 Å². The minimum Gasteiger partial charge on any atom is -0.495 e. The van der Waals surface area contributed by atoms with Crippen LogP contribution in [0.4, 0.5) is 14.5 Å². The molecule has 0 saturated heterocycles.